The fraction of sp³-hybridized carbons (Fsp3) is 0.522. The third-order valence-corrected chi connectivity index (χ3v) is 8.22. The van der Waals surface area contributed by atoms with Crippen molar-refractivity contribution in [3.05, 3.63) is 41.7 Å². The van der Waals surface area contributed by atoms with Crippen molar-refractivity contribution in [2.45, 2.75) is 68.2 Å². The summed E-state index contributed by atoms with van der Waals surface area (Å²) in [4.78, 5) is 16.0. The van der Waals surface area contributed by atoms with E-state index in [1.165, 1.54) is 18.9 Å². The van der Waals surface area contributed by atoms with Crippen LogP contribution in [0, 0.1) is 0 Å². The Morgan fingerprint density at radius 3 is 2.52 bits per heavy atom. The summed E-state index contributed by atoms with van der Waals surface area (Å²) in [7, 11) is -1.35. The molecule has 1 unspecified atom stereocenters. The fourth-order valence-corrected chi connectivity index (χ4v) is 6.10. The van der Waals surface area contributed by atoms with Crippen LogP contribution in [0.15, 0.2) is 35.4 Å². The quantitative estimate of drug-likeness (QED) is 0.789. The number of piperidine rings is 1. The molecule has 0 spiro atoms. The van der Waals surface area contributed by atoms with Gasteiger partial charge in [-0.3, -0.25) is 4.79 Å². The molecule has 8 heteroatoms. The summed E-state index contributed by atoms with van der Waals surface area (Å²) in [5.74, 6) is 0.150. The van der Waals surface area contributed by atoms with Crippen molar-refractivity contribution >= 4 is 15.7 Å². The van der Waals surface area contributed by atoms with E-state index >= 15 is 0 Å². The second kappa shape index (κ2) is 6.84. The van der Waals surface area contributed by atoms with Crippen LogP contribution in [-0.2, 0) is 15.4 Å². The summed E-state index contributed by atoms with van der Waals surface area (Å²) in [6, 6.07) is 7.97. The first kappa shape index (κ1) is 20.6. The van der Waals surface area contributed by atoms with Crippen molar-refractivity contribution in [2.75, 3.05) is 13.3 Å². The smallest absolute Gasteiger partial charge is 0.255 e. The van der Waals surface area contributed by atoms with Crippen LogP contribution >= 0.6 is 0 Å². The molecule has 3 aliphatic heterocycles. The van der Waals surface area contributed by atoms with E-state index < -0.39 is 15.4 Å². The van der Waals surface area contributed by atoms with Crippen molar-refractivity contribution < 1.29 is 17.9 Å². The number of carbonyl (C=O) groups excluding carboxylic acids is 1. The van der Waals surface area contributed by atoms with Gasteiger partial charge in [0.2, 0.25) is 0 Å². The molecule has 4 heterocycles. The Morgan fingerprint density at radius 1 is 1.19 bits per heavy atom. The van der Waals surface area contributed by atoms with Crippen LogP contribution in [0.2, 0.25) is 0 Å². The molecule has 1 aromatic carbocycles. The van der Waals surface area contributed by atoms with Gasteiger partial charge in [0.15, 0.2) is 15.6 Å². The zero-order chi connectivity index (χ0) is 22.1. The van der Waals surface area contributed by atoms with Gasteiger partial charge in [-0.05, 0) is 70.8 Å². The number of nitrogens with zero attached hydrogens (tertiary/aromatic N) is 2. The first-order valence-electron chi connectivity index (χ1n) is 10.8. The SMILES string of the molecule is CN1[C@@H]2CC[C@H]1CC(NC(=O)c1cc(S(C)(=O)=O)cc3c1OC(C)(C)c1cccn1-3)C2. The van der Waals surface area contributed by atoms with Gasteiger partial charge in [-0.25, -0.2) is 8.42 Å². The number of sulfone groups is 1. The molecule has 2 fully saturated rings. The minimum absolute atomic E-state index is 0.0810. The highest BCUT2D eigenvalue weighted by atomic mass is 32.2. The molecule has 1 aromatic heterocycles. The number of nitrogens with one attached hydrogen (secondary N) is 1. The number of carbonyl (C=O) groups is 1. The van der Waals surface area contributed by atoms with Crippen molar-refractivity contribution in [1.82, 2.24) is 14.8 Å². The van der Waals surface area contributed by atoms with E-state index in [4.69, 9.17) is 4.74 Å². The van der Waals surface area contributed by atoms with Crippen LogP contribution < -0.4 is 10.1 Å². The predicted molar refractivity (Wildman–Crippen MR) is 118 cm³/mol. The average molecular weight is 444 g/mol. The molecule has 0 aliphatic carbocycles. The molecule has 2 aromatic rings. The number of hydrogen-bond acceptors (Lipinski definition) is 5. The monoisotopic (exact) mass is 443 g/mol. The molecule has 31 heavy (non-hydrogen) atoms. The van der Waals surface area contributed by atoms with E-state index in [-0.39, 0.29) is 22.4 Å². The van der Waals surface area contributed by atoms with Crippen molar-refractivity contribution in [3.63, 3.8) is 0 Å². The van der Waals surface area contributed by atoms with Crippen LogP contribution in [0.3, 0.4) is 0 Å². The zero-order valence-electron chi connectivity index (χ0n) is 18.4. The molecule has 7 nitrogen and oxygen atoms in total. The van der Waals surface area contributed by atoms with E-state index in [2.05, 4.69) is 17.3 Å². The second-order valence-electron chi connectivity index (χ2n) is 9.66. The Kier molecular flexibility index (Phi) is 4.54. The molecule has 1 amide bonds. The Morgan fingerprint density at radius 2 is 1.87 bits per heavy atom. The normalized spacial score (nSPS) is 26.6. The van der Waals surface area contributed by atoms with E-state index in [1.54, 1.807) is 6.07 Å². The standard InChI is InChI=1S/C23H29N3O4S/c1-23(2)20-6-5-9-26(20)19-13-17(31(4,28)29)12-18(21(19)30-23)22(27)24-14-10-15-7-8-16(11-14)25(15)3/h5-6,9,12-16H,7-8,10-11H2,1-4H3,(H,24,27)/t14?,15-,16+. The Balaban J connectivity index is 1.56. The van der Waals surface area contributed by atoms with E-state index in [0.29, 0.717) is 23.5 Å². The van der Waals surface area contributed by atoms with Gasteiger partial charge in [0, 0.05) is 30.6 Å². The van der Waals surface area contributed by atoms with Gasteiger partial charge in [-0.1, -0.05) is 0 Å². The maximum absolute atomic E-state index is 13.4. The topological polar surface area (TPSA) is 80.6 Å². The average Bonchev–Trinajstić information content (AvgIpc) is 3.24. The third kappa shape index (κ3) is 3.36. The van der Waals surface area contributed by atoms with Gasteiger partial charge in [0.05, 0.1) is 21.8 Å². The maximum atomic E-state index is 13.4. The van der Waals surface area contributed by atoms with Gasteiger partial charge in [-0.15, -0.1) is 0 Å². The first-order chi connectivity index (χ1) is 14.5. The van der Waals surface area contributed by atoms with Crippen LogP contribution in [-0.4, -0.2) is 55.2 Å². The lowest BCUT2D eigenvalue weighted by Crippen LogP contribution is -2.48. The van der Waals surface area contributed by atoms with Crippen LogP contribution in [0.25, 0.3) is 5.69 Å². The molecular formula is C23H29N3O4S. The summed E-state index contributed by atoms with van der Waals surface area (Å²) in [6.07, 6.45) is 7.21. The van der Waals surface area contributed by atoms with Crippen molar-refractivity contribution in [3.8, 4) is 11.4 Å². The largest absolute Gasteiger partial charge is 0.479 e. The molecule has 0 radical (unpaired) electrons. The Labute approximate surface area is 183 Å². The third-order valence-electron chi connectivity index (χ3n) is 7.13. The molecule has 2 bridgehead atoms. The number of fused-ring (bicyclic) bond motifs is 5. The van der Waals surface area contributed by atoms with Gasteiger partial charge in [0.25, 0.3) is 5.91 Å². The summed E-state index contributed by atoms with van der Waals surface area (Å²) in [5.41, 5.74) is 1.11. The molecule has 3 aliphatic rings. The molecular weight excluding hydrogens is 414 g/mol. The first-order valence-corrected chi connectivity index (χ1v) is 12.7. The molecule has 3 atom stereocenters. The van der Waals surface area contributed by atoms with Crippen LogP contribution in [0.5, 0.6) is 5.75 Å². The van der Waals surface area contributed by atoms with E-state index in [1.807, 2.05) is 36.7 Å². The maximum Gasteiger partial charge on any atom is 0.255 e. The second-order valence-corrected chi connectivity index (χ2v) is 11.7. The minimum atomic E-state index is -3.51. The molecule has 1 N–H and O–H groups in total. The summed E-state index contributed by atoms with van der Waals surface area (Å²) in [5, 5.41) is 3.18. The highest BCUT2D eigenvalue weighted by Gasteiger charge is 2.40. The Bertz CT molecular complexity index is 1150. The van der Waals surface area contributed by atoms with E-state index in [9.17, 15) is 13.2 Å². The molecule has 0 saturated carbocycles. The highest BCUT2D eigenvalue weighted by Crippen LogP contribution is 2.43. The highest BCUT2D eigenvalue weighted by molar-refractivity contribution is 7.90. The van der Waals surface area contributed by atoms with Crippen LogP contribution in [0.1, 0.15) is 55.6 Å². The molecule has 5 rings (SSSR count). The lowest BCUT2D eigenvalue weighted by molar-refractivity contribution is 0.0809. The lowest BCUT2D eigenvalue weighted by atomic mass is 9.97. The number of ether oxygens (including phenoxy) is 1. The molecule has 166 valence electrons. The summed E-state index contributed by atoms with van der Waals surface area (Å²) in [6.45, 7) is 3.89. The lowest BCUT2D eigenvalue weighted by Gasteiger charge is -2.37. The van der Waals surface area contributed by atoms with Gasteiger partial charge < -0.3 is 19.5 Å². The van der Waals surface area contributed by atoms with Gasteiger partial charge in [-0.2, -0.15) is 0 Å². The fourth-order valence-electron chi connectivity index (χ4n) is 5.44. The molecule has 2 saturated heterocycles. The zero-order valence-corrected chi connectivity index (χ0v) is 19.2. The van der Waals surface area contributed by atoms with Crippen molar-refractivity contribution in [1.29, 1.82) is 0 Å². The Hall–Kier alpha value is -2.32. The summed E-state index contributed by atoms with van der Waals surface area (Å²) < 4.78 is 33.0. The minimum Gasteiger partial charge on any atom is -0.479 e. The van der Waals surface area contributed by atoms with E-state index in [0.717, 1.165) is 24.8 Å². The number of aromatic nitrogens is 1. The number of rotatable bonds is 3. The number of benzene rings is 1. The van der Waals surface area contributed by atoms with Gasteiger partial charge >= 0.3 is 0 Å². The number of hydrogen-bond donors (Lipinski definition) is 1. The van der Waals surface area contributed by atoms with Gasteiger partial charge in [0.1, 0.15) is 5.60 Å². The van der Waals surface area contributed by atoms with Crippen LogP contribution in [0.4, 0.5) is 0 Å². The number of amides is 1. The predicted octanol–water partition coefficient (Wildman–Crippen LogP) is 2.86. The van der Waals surface area contributed by atoms with Crippen molar-refractivity contribution in [2.24, 2.45) is 0 Å². The summed E-state index contributed by atoms with van der Waals surface area (Å²) >= 11 is 0.